The number of hydrogen-bond donors (Lipinski definition) is 0. The van der Waals surface area contributed by atoms with E-state index in [4.69, 9.17) is 9.72 Å². The van der Waals surface area contributed by atoms with E-state index in [1.54, 1.807) is 7.11 Å². The molecule has 186 valence electrons. The number of allylic oxidation sites excluding steroid dienone is 2. The first-order chi connectivity index (χ1) is 17.5. The summed E-state index contributed by atoms with van der Waals surface area (Å²) in [5.74, 6) is 0.762. The van der Waals surface area contributed by atoms with Gasteiger partial charge < -0.3 is 9.64 Å². The highest BCUT2D eigenvalue weighted by molar-refractivity contribution is 9.10. The molecule has 0 radical (unpaired) electrons. The molecule has 1 atom stereocenters. The minimum atomic E-state index is 0.0695. The lowest BCUT2D eigenvalue weighted by Crippen LogP contribution is -2.13. The lowest BCUT2D eigenvalue weighted by Gasteiger charge is -2.24. The van der Waals surface area contributed by atoms with E-state index in [2.05, 4.69) is 114 Å². The maximum atomic E-state index is 5.90. The van der Waals surface area contributed by atoms with Gasteiger partial charge in [-0.2, -0.15) is 0 Å². The second kappa shape index (κ2) is 12.8. The van der Waals surface area contributed by atoms with Crippen LogP contribution in [0.4, 0.5) is 0 Å². The molecular formula is C32H35BrN2O. The molecule has 0 aliphatic carbocycles. The second-order valence-electron chi connectivity index (χ2n) is 9.48. The third-order valence-electron chi connectivity index (χ3n) is 6.54. The predicted molar refractivity (Wildman–Crippen MR) is 155 cm³/mol. The number of methoxy groups -OCH3 is 1. The van der Waals surface area contributed by atoms with E-state index in [9.17, 15) is 0 Å². The molecular weight excluding hydrogens is 508 g/mol. The minimum absolute atomic E-state index is 0.0695. The van der Waals surface area contributed by atoms with E-state index in [0.29, 0.717) is 5.88 Å². The highest BCUT2D eigenvalue weighted by Gasteiger charge is 2.24. The molecule has 4 heteroatoms. The van der Waals surface area contributed by atoms with Crippen molar-refractivity contribution < 1.29 is 4.74 Å². The summed E-state index contributed by atoms with van der Waals surface area (Å²) < 4.78 is 6.95. The van der Waals surface area contributed by atoms with Crippen LogP contribution in [0.2, 0.25) is 0 Å². The Morgan fingerprint density at radius 3 is 2.39 bits per heavy atom. The van der Waals surface area contributed by atoms with Gasteiger partial charge >= 0.3 is 0 Å². The van der Waals surface area contributed by atoms with Crippen LogP contribution in [0, 0.1) is 0 Å². The van der Waals surface area contributed by atoms with Crippen molar-refractivity contribution in [3.63, 3.8) is 0 Å². The van der Waals surface area contributed by atoms with Crippen LogP contribution in [0.25, 0.3) is 10.9 Å². The molecule has 4 aromatic rings. The average Bonchev–Trinajstić information content (AvgIpc) is 2.90. The van der Waals surface area contributed by atoms with Gasteiger partial charge in [-0.1, -0.05) is 88.2 Å². The van der Waals surface area contributed by atoms with Crippen molar-refractivity contribution in [2.75, 3.05) is 27.7 Å². The standard InChI is InChI=1S/C32H35BrN2O/c1-35(2)21-11-10-16-26(18-17-24-12-6-4-7-13-24)31(25-14-8-5-9-15-25)29-23-27-22-28(33)19-20-30(27)34-32(29)36-3/h4-9,12-16,19-20,22-23,31H,10-11,17-18,21H2,1-3H3/b26-16+. The molecule has 1 unspecified atom stereocenters. The van der Waals surface area contributed by atoms with E-state index in [1.165, 1.54) is 16.7 Å². The fourth-order valence-electron chi connectivity index (χ4n) is 4.75. The molecule has 0 amide bonds. The van der Waals surface area contributed by atoms with E-state index in [1.807, 2.05) is 12.1 Å². The Bertz CT molecular complexity index is 1290. The number of benzene rings is 3. The number of pyridine rings is 1. The molecule has 0 N–H and O–H groups in total. The van der Waals surface area contributed by atoms with Gasteiger partial charge in [0.15, 0.2) is 0 Å². The summed E-state index contributed by atoms with van der Waals surface area (Å²) in [4.78, 5) is 7.17. The number of hydrogen-bond acceptors (Lipinski definition) is 3. The van der Waals surface area contributed by atoms with Crippen LogP contribution < -0.4 is 4.74 Å². The van der Waals surface area contributed by atoms with Crippen molar-refractivity contribution in [1.82, 2.24) is 9.88 Å². The van der Waals surface area contributed by atoms with Crippen molar-refractivity contribution in [1.29, 1.82) is 0 Å². The molecule has 0 fully saturated rings. The summed E-state index contributed by atoms with van der Waals surface area (Å²) >= 11 is 3.63. The number of aromatic nitrogens is 1. The predicted octanol–water partition coefficient (Wildman–Crippen LogP) is 8.04. The summed E-state index contributed by atoms with van der Waals surface area (Å²) in [5.41, 5.74) is 6.08. The zero-order chi connectivity index (χ0) is 25.3. The zero-order valence-corrected chi connectivity index (χ0v) is 23.0. The van der Waals surface area contributed by atoms with Crippen LogP contribution >= 0.6 is 15.9 Å². The molecule has 0 saturated heterocycles. The molecule has 36 heavy (non-hydrogen) atoms. The molecule has 4 rings (SSSR count). The number of halogens is 1. The maximum absolute atomic E-state index is 5.90. The van der Waals surface area contributed by atoms with Gasteiger partial charge in [-0.25, -0.2) is 4.98 Å². The lowest BCUT2D eigenvalue weighted by atomic mass is 9.81. The van der Waals surface area contributed by atoms with Gasteiger partial charge in [-0.15, -0.1) is 0 Å². The molecule has 0 aliphatic rings. The van der Waals surface area contributed by atoms with Crippen LogP contribution in [0.5, 0.6) is 5.88 Å². The molecule has 1 heterocycles. The van der Waals surface area contributed by atoms with Crippen LogP contribution in [-0.2, 0) is 6.42 Å². The Kier molecular flexibility index (Phi) is 9.32. The van der Waals surface area contributed by atoms with E-state index in [-0.39, 0.29) is 5.92 Å². The molecule has 0 saturated carbocycles. The first kappa shape index (κ1) is 26.1. The third-order valence-corrected chi connectivity index (χ3v) is 7.03. The third kappa shape index (κ3) is 6.83. The molecule has 3 nitrogen and oxygen atoms in total. The Balaban J connectivity index is 1.81. The van der Waals surface area contributed by atoms with Gasteiger partial charge in [0, 0.05) is 21.3 Å². The topological polar surface area (TPSA) is 25.4 Å². The van der Waals surface area contributed by atoms with E-state index in [0.717, 1.165) is 53.2 Å². The summed E-state index contributed by atoms with van der Waals surface area (Å²) in [6, 6.07) is 30.0. The zero-order valence-electron chi connectivity index (χ0n) is 21.5. The van der Waals surface area contributed by atoms with Gasteiger partial charge in [0.2, 0.25) is 5.88 Å². The average molecular weight is 544 g/mol. The van der Waals surface area contributed by atoms with E-state index < -0.39 is 0 Å². The van der Waals surface area contributed by atoms with Crippen molar-refractivity contribution in [3.05, 3.63) is 118 Å². The molecule has 3 aromatic carbocycles. The van der Waals surface area contributed by atoms with Gasteiger partial charge in [-0.3, -0.25) is 0 Å². The number of rotatable bonds is 11. The van der Waals surface area contributed by atoms with Crippen molar-refractivity contribution in [3.8, 4) is 5.88 Å². The van der Waals surface area contributed by atoms with Gasteiger partial charge in [0.1, 0.15) is 0 Å². The maximum Gasteiger partial charge on any atom is 0.217 e. The number of ether oxygens (including phenoxy) is 1. The van der Waals surface area contributed by atoms with Gasteiger partial charge in [0.05, 0.1) is 12.6 Å². The van der Waals surface area contributed by atoms with Crippen molar-refractivity contribution in [2.24, 2.45) is 0 Å². The number of aryl methyl sites for hydroxylation is 1. The van der Waals surface area contributed by atoms with Crippen LogP contribution in [-0.4, -0.2) is 37.6 Å². The largest absolute Gasteiger partial charge is 0.481 e. The highest BCUT2D eigenvalue weighted by atomic mass is 79.9. The van der Waals surface area contributed by atoms with E-state index >= 15 is 0 Å². The van der Waals surface area contributed by atoms with Gasteiger partial charge in [-0.05, 0) is 81.7 Å². The smallest absolute Gasteiger partial charge is 0.217 e. The van der Waals surface area contributed by atoms with Crippen LogP contribution in [0.15, 0.2) is 101 Å². The minimum Gasteiger partial charge on any atom is -0.481 e. The van der Waals surface area contributed by atoms with Gasteiger partial charge in [0.25, 0.3) is 0 Å². The Morgan fingerprint density at radius 1 is 0.972 bits per heavy atom. The fraction of sp³-hybridized carbons (Fsp3) is 0.281. The molecule has 0 aliphatic heterocycles. The second-order valence-corrected chi connectivity index (χ2v) is 10.4. The van der Waals surface area contributed by atoms with Crippen LogP contribution in [0.3, 0.4) is 0 Å². The summed E-state index contributed by atoms with van der Waals surface area (Å²) in [6.45, 7) is 1.08. The quantitative estimate of drug-likeness (QED) is 0.141. The molecule has 1 aromatic heterocycles. The molecule has 0 spiro atoms. The fourth-order valence-corrected chi connectivity index (χ4v) is 5.13. The first-order valence-corrected chi connectivity index (χ1v) is 13.4. The Morgan fingerprint density at radius 2 is 1.69 bits per heavy atom. The van der Waals surface area contributed by atoms with Crippen molar-refractivity contribution >= 4 is 26.8 Å². The number of unbranched alkanes of at least 4 members (excludes halogenated alkanes) is 1. The van der Waals surface area contributed by atoms with Crippen molar-refractivity contribution in [2.45, 2.75) is 31.6 Å². The van der Waals surface area contributed by atoms with Crippen LogP contribution in [0.1, 0.15) is 41.9 Å². The Hall–Kier alpha value is -2.95. The first-order valence-electron chi connectivity index (χ1n) is 12.6. The summed E-state index contributed by atoms with van der Waals surface area (Å²) in [5, 5.41) is 1.11. The number of nitrogens with zero attached hydrogens (tertiary/aromatic N) is 2. The lowest BCUT2D eigenvalue weighted by molar-refractivity contribution is 0.393. The monoisotopic (exact) mass is 542 g/mol. The Labute approximate surface area is 224 Å². The summed E-state index contributed by atoms with van der Waals surface area (Å²) in [7, 11) is 6.00. The highest BCUT2D eigenvalue weighted by Crippen LogP contribution is 2.40. The normalized spacial score (nSPS) is 12.8. The summed E-state index contributed by atoms with van der Waals surface area (Å²) in [6.07, 6.45) is 6.61. The number of fused-ring (bicyclic) bond motifs is 1. The SMILES string of the molecule is COc1nc2ccc(Br)cc2cc1C(/C(=C/CCCN(C)C)CCc1ccccc1)c1ccccc1. The molecule has 0 bridgehead atoms.